The zero-order chi connectivity index (χ0) is 14.8. The van der Waals surface area contributed by atoms with Crippen LogP contribution in [-0.4, -0.2) is 12.2 Å². The Kier molecular flexibility index (Phi) is 7.20. The summed E-state index contributed by atoms with van der Waals surface area (Å²) < 4.78 is 0. The Morgan fingerprint density at radius 2 is 1.95 bits per heavy atom. The van der Waals surface area contributed by atoms with Crippen molar-refractivity contribution in [2.75, 3.05) is 0 Å². The topological polar surface area (TPSA) is 58.9 Å². The van der Waals surface area contributed by atoms with Gasteiger partial charge in [0.1, 0.15) is 0 Å². The molecular weight excluding hydrogens is 252 g/mol. The third-order valence-electron chi connectivity index (χ3n) is 3.26. The highest BCUT2D eigenvalue weighted by atomic mass is 16.1. The van der Waals surface area contributed by atoms with Crippen LogP contribution in [0.1, 0.15) is 55.8 Å². The molecule has 1 atom stereocenters. The summed E-state index contributed by atoms with van der Waals surface area (Å²) in [7, 11) is 0. The molecule has 0 N–H and O–H groups in total. The number of nitrogens with zero attached hydrogens (tertiary/aromatic N) is 2. The van der Waals surface area contributed by atoms with E-state index in [0.29, 0.717) is 6.54 Å². The molecule has 0 bridgehead atoms. The molecule has 0 heterocycles. The quantitative estimate of drug-likeness (QED) is 0.535. The maximum atomic E-state index is 10.6. The molecule has 0 spiro atoms. The van der Waals surface area contributed by atoms with Gasteiger partial charge in [0.2, 0.25) is 12.2 Å². The fraction of sp³-hybridized carbons (Fsp3) is 0.500. The van der Waals surface area contributed by atoms with Crippen molar-refractivity contribution < 1.29 is 9.59 Å². The van der Waals surface area contributed by atoms with Crippen molar-refractivity contribution >= 4 is 12.2 Å². The van der Waals surface area contributed by atoms with Gasteiger partial charge >= 0.3 is 0 Å². The van der Waals surface area contributed by atoms with E-state index in [9.17, 15) is 9.59 Å². The van der Waals surface area contributed by atoms with Gasteiger partial charge in [0.05, 0.1) is 12.6 Å². The second-order valence-corrected chi connectivity index (χ2v) is 4.67. The highest BCUT2D eigenvalue weighted by molar-refractivity contribution is 5.42. The van der Waals surface area contributed by atoms with Crippen LogP contribution in [0.5, 0.6) is 0 Å². The van der Waals surface area contributed by atoms with E-state index in [1.165, 1.54) is 0 Å². The minimum absolute atomic E-state index is 0.203. The number of hydrogen-bond donors (Lipinski definition) is 0. The molecule has 0 saturated heterocycles. The summed E-state index contributed by atoms with van der Waals surface area (Å²) in [6.45, 7) is 4.45. The Hall–Kier alpha value is -2.02. The predicted octanol–water partition coefficient (Wildman–Crippen LogP) is 3.65. The summed E-state index contributed by atoms with van der Waals surface area (Å²) in [6, 6.07) is 5.76. The van der Waals surface area contributed by atoms with Gasteiger partial charge in [-0.2, -0.15) is 4.99 Å². The molecule has 0 saturated carbocycles. The molecule has 1 unspecified atom stereocenters. The lowest BCUT2D eigenvalue weighted by molar-refractivity contribution is 0.550. The first kappa shape index (κ1) is 16.0. The van der Waals surface area contributed by atoms with Gasteiger partial charge in [-0.15, -0.1) is 0 Å². The zero-order valence-corrected chi connectivity index (χ0v) is 12.1. The van der Waals surface area contributed by atoms with E-state index in [1.807, 2.05) is 25.1 Å². The summed E-state index contributed by atoms with van der Waals surface area (Å²) in [6.07, 6.45) is 6.87. The van der Waals surface area contributed by atoms with E-state index in [0.717, 1.165) is 42.4 Å². The summed E-state index contributed by atoms with van der Waals surface area (Å²) in [5.41, 5.74) is 3.13. The van der Waals surface area contributed by atoms with Gasteiger partial charge in [-0.3, -0.25) is 0 Å². The molecule has 0 fully saturated rings. The van der Waals surface area contributed by atoms with Crippen molar-refractivity contribution in [3.05, 3.63) is 34.9 Å². The number of rotatable bonds is 8. The number of aryl methyl sites for hydroxylation is 1. The number of isocyanates is 2. The highest BCUT2D eigenvalue weighted by Gasteiger charge is 2.16. The molecule has 0 radical (unpaired) electrons. The average molecular weight is 272 g/mol. The van der Waals surface area contributed by atoms with Crippen molar-refractivity contribution in [1.29, 1.82) is 0 Å². The summed E-state index contributed by atoms with van der Waals surface area (Å²) in [4.78, 5) is 28.6. The molecule has 0 aliphatic carbocycles. The lowest BCUT2D eigenvalue weighted by Crippen LogP contribution is -2.04. The third-order valence-corrected chi connectivity index (χ3v) is 3.26. The normalized spacial score (nSPS) is 11.3. The molecule has 4 nitrogen and oxygen atoms in total. The molecule has 1 aromatic carbocycles. The molecular formula is C16H20N2O2. The lowest BCUT2D eigenvalue weighted by atomic mass is 9.92. The predicted molar refractivity (Wildman–Crippen MR) is 78.0 cm³/mol. The Morgan fingerprint density at radius 3 is 2.55 bits per heavy atom. The Labute approximate surface area is 119 Å². The monoisotopic (exact) mass is 272 g/mol. The van der Waals surface area contributed by atoms with Crippen LogP contribution < -0.4 is 0 Å². The first-order valence-corrected chi connectivity index (χ1v) is 6.99. The zero-order valence-electron chi connectivity index (χ0n) is 12.1. The van der Waals surface area contributed by atoms with Crippen LogP contribution in [0.25, 0.3) is 0 Å². The van der Waals surface area contributed by atoms with E-state index < -0.39 is 0 Å². The fourth-order valence-electron chi connectivity index (χ4n) is 2.40. The molecule has 106 valence electrons. The van der Waals surface area contributed by atoms with Gasteiger partial charge in [0, 0.05) is 0 Å². The highest BCUT2D eigenvalue weighted by Crippen LogP contribution is 2.29. The van der Waals surface area contributed by atoms with Crippen molar-refractivity contribution in [2.45, 2.75) is 52.1 Å². The summed E-state index contributed by atoms with van der Waals surface area (Å²) in [5, 5.41) is 0. The minimum atomic E-state index is -0.203. The van der Waals surface area contributed by atoms with Gasteiger partial charge in [-0.25, -0.2) is 14.6 Å². The molecule has 0 aliphatic heterocycles. The minimum Gasteiger partial charge on any atom is -0.211 e. The van der Waals surface area contributed by atoms with Gasteiger partial charge in [-0.1, -0.05) is 44.9 Å². The smallest absolute Gasteiger partial charge is 0.211 e. The molecule has 1 rings (SSSR count). The number of hydrogen-bond acceptors (Lipinski definition) is 4. The van der Waals surface area contributed by atoms with E-state index in [4.69, 9.17) is 0 Å². The molecule has 0 aliphatic rings. The summed E-state index contributed by atoms with van der Waals surface area (Å²) >= 11 is 0. The molecule has 0 aromatic heterocycles. The average Bonchev–Trinajstić information content (AvgIpc) is 2.46. The second kappa shape index (κ2) is 8.98. The maximum Gasteiger partial charge on any atom is 0.235 e. The van der Waals surface area contributed by atoms with Crippen LogP contribution in [0.2, 0.25) is 0 Å². The van der Waals surface area contributed by atoms with Crippen LogP contribution in [-0.2, 0) is 22.6 Å². The lowest BCUT2D eigenvalue weighted by Gasteiger charge is -2.17. The van der Waals surface area contributed by atoms with Gasteiger partial charge in [-0.05, 0) is 29.5 Å². The van der Waals surface area contributed by atoms with Crippen molar-refractivity contribution in [1.82, 2.24) is 0 Å². The maximum absolute atomic E-state index is 10.6. The van der Waals surface area contributed by atoms with Crippen molar-refractivity contribution in [2.24, 2.45) is 9.98 Å². The van der Waals surface area contributed by atoms with Crippen LogP contribution in [0, 0.1) is 0 Å². The van der Waals surface area contributed by atoms with E-state index in [2.05, 4.69) is 16.9 Å². The first-order valence-electron chi connectivity index (χ1n) is 6.99. The fourth-order valence-corrected chi connectivity index (χ4v) is 2.40. The molecule has 20 heavy (non-hydrogen) atoms. The second-order valence-electron chi connectivity index (χ2n) is 4.67. The van der Waals surface area contributed by atoms with E-state index >= 15 is 0 Å². The van der Waals surface area contributed by atoms with Gasteiger partial charge in [0.25, 0.3) is 0 Å². The Bertz CT molecular complexity index is 527. The largest absolute Gasteiger partial charge is 0.235 e. The van der Waals surface area contributed by atoms with Crippen LogP contribution in [0.15, 0.2) is 28.2 Å². The SMILES string of the molecule is CCCc1cccc(C(CCC)N=C=O)c1CN=C=O. The molecule has 0 amide bonds. The van der Waals surface area contributed by atoms with E-state index in [-0.39, 0.29) is 6.04 Å². The van der Waals surface area contributed by atoms with Crippen molar-refractivity contribution in [3.8, 4) is 0 Å². The van der Waals surface area contributed by atoms with Gasteiger partial charge < -0.3 is 0 Å². The number of benzene rings is 1. The molecule has 4 heteroatoms. The van der Waals surface area contributed by atoms with Gasteiger partial charge in [0.15, 0.2) is 0 Å². The summed E-state index contributed by atoms with van der Waals surface area (Å²) in [5.74, 6) is 0. The van der Waals surface area contributed by atoms with E-state index in [1.54, 1.807) is 12.2 Å². The number of carbonyl (C=O) groups excluding carboxylic acids is 2. The third kappa shape index (κ3) is 4.27. The Morgan fingerprint density at radius 1 is 1.15 bits per heavy atom. The molecule has 1 aromatic rings. The van der Waals surface area contributed by atoms with Crippen molar-refractivity contribution in [3.63, 3.8) is 0 Å². The number of aliphatic imine (C=N–C) groups is 2. The van der Waals surface area contributed by atoms with Crippen LogP contribution >= 0.6 is 0 Å². The Balaban J connectivity index is 3.29. The van der Waals surface area contributed by atoms with Crippen LogP contribution in [0.3, 0.4) is 0 Å². The van der Waals surface area contributed by atoms with Crippen LogP contribution in [0.4, 0.5) is 0 Å². The first-order chi connectivity index (χ1) is 9.78. The standard InChI is InChI=1S/C16H20N2O2/c1-3-6-13-8-5-9-14(15(13)10-17-11-19)16(7-4-2)18-12-20/h5,8-9,16H,3-4,6-7,10H2,1-2H3.